The number of rotatable bonds is 5. The summed E-state index contributed by atoms with van der Waals surface area (Å²) in [6.45, 7) is 1.01. The minimum Gasteiger partial charge on any atom is -0.497 e. The van der Waals surface area contributed by atoms with Gasteiger partial charge >= 0.3 is 0 Å². The molecular weight excluding hydrogens is 377 g/mol. The van der Waals surface area contributed by atoms with Gasteiger partial charge < -0.3 is 4.74 Å². The summed E-state index contributed by atoms with van der Waals surface area (Å²) in [6.07, 6.45) is 3.01. The summed E-state index contributed by atoms with van der Waals surface area (Å²) in [5.74, 6) is 6.15. The average molecular weight is 400 g/mol. The largest absolute Gasteiger partial charge is 0.497 e. The van der Waals surface area contributed by atoms with Gasteiger partial charge in [0.15, 0.2) is 0 Å². The van der Waals surface area contributed by atoms with Crippen LogP contribution in [-0.2, 0) is 10.0 Å². The van der Waals surface area contributed by atoms with E-state index in [0.29, 0.717) is 24.6 Å². The molecule has 4 nitrogen and oxygen atoms in total. The lowest BCUT2D eigenvalue weighted by Crippen LogP contribution is -2.39. The standard InChI is InChI=1S/C22H23FNO3S/c1-27-22-10-8-19(9-11-22)20-12-14-24(15-13-20)28(25,26)16-3-2-5-18-6-4-7-21(23)17-18/h3-4,6-11,17,20H,12-16H2,1H3. The topological polar surface area (TPSA) is 46.6 Å². The van der Waals surface area contributed by atoms with Crippen LogP contribution < -0.4 is 4.74 Å². The predicted molar refractivity (Wildman–Crippen MR) is 108 cm³/mol. The first-order valence-corrected chi connectivity index (χ1v) is 10.8. The third kappa shape index (κ3) is 5.34. The monoisotopic (exact) mass is 400 g/mol. The summed E-state index contributed by atoms with van der Waals surface area (Å²) in [4.78, 5) is 0. The number of hydrogen-bond acceptors (Lipinski definition) is 3. The lowest BCUT2D eigenvalue weighted by atomic mass is 9.90. The fourth-order valence-electron chi connectivity index (χ4n) is 3.30. The summed E-state index contributed by atoms with van der Waals surface area (Å²) in [6, 6.07) is 13.9. The average Bonchev–Trinajstić information content (AvgIpc) is 2.71. The molecule has 2 aromatic carbocycles. The lowest BCUT2D eigenvalue weighted by Gasteiger charge is -2.31. The summed E-state index contributed by atoms with van der Waals surface area (Å²) in [5, 5.41) is 0. The minimum atomic E-state index is -3.38. The molecule has 0 unspecified atom stereocenters. The summed E-state index contributed by atoms with van der Waals surface area (Å²) < 4.78 is 44.9. The van der Waals surface area contributed by atoms with Crippen LogP contribution in [0.2, 0.25) is 0 Å². The Bertz CT molecular complexity index is 953. The fraction of sp³-hybridized carbons (Fsp3) is 0.318. The van der Waals surface area contributed by atoms with Crippen molar-refractivity contribution >= 4 is 10.0 Å². The second-order valence-corrected chi connectivity index (χ2v) is 8.72. The normalized spacial score (nSPS) is 15.6. The van der Waals surface area contributed by atoms with E-state index in [1.165, 1.54) is 28.4 Å². The van der Waals surface area contributed by atoms with Crippen molar-refractivity contribution in [3.8, 4) is 17.6 Å². The van der Waals surface area contributed by atoms with Gasteiger partial charge in [0.2, 0.25) is 10.0 Å². The van der Waals surface area contributed by atoms with Crippen molar-refractivity contribution in [1.29, 1.82) is 0 Å². The highest BCUT2D eigenvalue weighted by Gasteiger charge is 2.28. The van der Waals surface area contributed by atoms with Crippen molar-refractivity contribution in [3.63, 3.8) is 0 Å². The third-order valence-corrected chi connectivity index (χ3v) is 6.61. The van der Waals surface area contributed by atoms with Crippen LogP contribution in [0.3, 0.4) is 0 Å². The van der Waals surface area contributed by atoms with E-state index in [1.807, 2.05) is 24.3 Å². The molecule has 0 aliphatic carbocycles. The molecule has 1 aliphatic heterocycles. The van der Waals surface area contributed by atoms with Crippen LogP contribution in [0.1, 0.15) is 29.9 Å². The van der Waals surface area contributed by atoms with Crippen LogP contribution in [0.15, 0.2) is 48.5 Å². The second-order valence-electron chi connectivity index (χ2n) is 6.71. The maximum Gasteiger partial charge on any atom is 0.215 e. The first kappa shape index (κ1) is 20.4. The number of nitrogens with zero attached hydrogens (tertiary/aromatic N) is 1. The molecule has 1 aliphatic rings. The van der Waals surface area contributed by atoms with E-state index in [4.69, 9.17) is 4.74 Å². The third-order valence-electron chi connectivity index (χ3n) is 4.87. The molecule has 2 aromatic rings. The van der Waals surface area contributed by atoms with Gasteiger partial charge in [-0.15, -0.1) is 0 Å². The Hall–Kier alpha value is -2.36. The van der Waals surface area contributed by atoms with E-state index < -0.39 is 10.0 Å². The number of ether oxygens (including phenoxy) is 1. The van der Waals surface area contributed by atoms with E-state index in [1.54, 1.807) is 19.2 Å². The quantitative estimate of drug-likeness (QED) is 0.721. The van der Waals surface area contributed by atoms with E-state index in [0.717, 1.165) is 18.6 Å². The number of hydrogen-bond donors (Lipinski definition) is 0. The summed E-state index contributed by atoms with van der Waals surface area (Å²) in [7, 11) is -1.74. The van der Waals surface area contributed by atoms with Crippen LogP contribution in [0.4, 0.5) is 4.39 Å². The van der Waals surface area contributed by atoms with Crippen LogP contribution in [0.25, 0.3) is 0 Å². The van der Waals surface area contributed by atoms with E-state index in [-0.39, 0.29) is 11.6 Å². The van der Waals surface area contributed by atoms with Gasteiger partial charge in [-0.05, 0) is 54.7 Å². The Morgan fingerprint density at radius 2 is 1.89 bits per heavy atom. The molecule has 1 radical (unpaired) electrons. The molecule has 3 rings (SSSR count). The molecule has 0 aromatic heterocycles. The second kappa shape index (κ2) is 9.22. The van der Waals surface area contributed by atoms with Crippen molar-refractivity contribution in [2.75, 3.05) is 26.0 Å². The number of piperidine rings is 1. The zero-order chi connectivity index (χ0) is 20.0. The van der Waals surface area contributed by atoms with Crippen molar-refractivity contribution in [1.82, 2.24) is 4.31 Å². The van der Waals surface area contributed by atoms with Gasteiger partial charge in [-0.1, -0.05) is 30.0 Å². The van der Waals surface area contributed by atoms with Crippen molar-refractivity contribution in [2.45, 2.75) is 18.8 Å². The van der Waals surface area contributed by atoms with Gasteiger partial charge in [-0.25, -0.2) is 17.1 Å². The molecule has 0 saturated carbocycles. The molecule has 0 spiro atoms. The Balaban J connectivity index is 1.51. The number of halogens is 1. The molecule has 1 fully saturated rings. The van der Waals surface area contributed by atoms with Gasteiger partial charge in [0, 0.05) is 18.7 Å². The van der Waals surface area contributed by atoms with E-state index in [9.17, 15) is 12.8 Å². The van der Waals surface area contributed by atoms with Gasteiger partial charge in [0.05, 0.1) is 19.3 Å². The molecule has 0 amide bonds. The SMILES string of the molecule is COc1ccc(C2CCN(S(=O)(=O)C[CH]C#Cc3cccc(F)c3)CC2)cc1. The zero-order valence-corrected chi connectivity index (χ0v) is 16.6. The highest BCUT2D eigenvalue weighted by atomic mass is 32.2. The molecular formula is C22H23FNO3S. The number of benzene rings is 2. The van der Waals surface area contributed by atoms with Gasteiger partial charge in [-0.3, -0.25) is 0 Å². The van der Waals surface area contributed by atoms with Crippen molar-refractivity contribution < 1.29 is 17.5 Å². The van der Waals surface area contributed by atoms with Crippen LogP contribution in [0, 0.1) is 24.1 Å². The number of sulfonamides is 1. The van der Waals surface area contributed by atoms with Gasteiger partial charge in [-0.2, -0.15) is 0 Å². The van der Waals surface area contributed by atoms with Gasteiger partial charge in [0.25, 0.3) is 0 Å². The van der Waals surface area contributed by atoms with Gasteiger partial charge in [0.1, 0.15) is 11.6 Å². The molecule has 147 valence electrons. The van der Waals surface area contributed by atoms with Crippen LogP contribution in [0.5, 0.6) is 5.75 Å². The molecule has 1 saturated heterocycles. The Morgan fingerprint density at radius 3 is 2.54 bits per heavy atom. The van der Waals surface area contributed by atoms with Crippen molar-refractivity contribution in [3.05, 3.63) is 71.9 Å². The molecule has 28 heavy (non-hydrogen) atoms. The van der Waals surface area contributed by atoms with E-state index >= 15 is 0 Å². The predicted octanol–water partition coefficient (Wildman–Crippen LogP) is 3.60. The van der Waals surface area contributed by atoms with Crippen LogP contribution in [-0.4, -0.2) is 38.7 Å². The maximum absolute atomic E-state index is 13.1. The Labute approximate surface area is 166 Å². The Kier molecular flexibility index (Phi) is 6.71. The first-order valence-electron chi connectivity index (χ1n) is 9.18. The zero-order valence-electron chi connectivity index (χ0n) is 15.8. The first-order chi connectivity index (χ1) is 13.5. The summed E-state index contributed by atoms with van der Waals surface area (Å²) >= 11 is 0. The molecule has 0 N–H and O–H groups in total. The summed E-state index contributed by atoms with van der Waals surface area (Å²) in [5.41, 5.74) is 1.74. The minimum absolute atomic E-state index is 0.136. The fourth-order valence-corrected chi connectivity index (χ4v) is 4.57. The highest BCUT2D eigenvalue weighted by molar-refractivity contribution is 7.89. The number of methoxy groups -OCH3 is 1. The molecule has 0 atom stereocenters. The molecule has 6 heteroatoms. The molecule has 0 bridgehead atoms. The van der Waals surface area contributed by atoms with Crippen molar-refractivity contribution in [2.24, 2.45) is 0 Å². The lowest BCUT2D eigenvalue weighted by molar-refractivity contribution is 0.320. The Morgan fingerprint density at radius 1 is 1.18 bits per heavy atom. The van der Waals surface area contributed by atoms with Crippen LogP contribution >= 0.6 is 0 Å². The maximum atomic E-state index is 13.1. The molecule has 1 heterocycles. The van der Waals surface area contributed by atoms with E-state index in [2.05, 4.69) is 11.8 Å². The highest BCUT2D eigenvalue weighted by Crippen LogP contribution is 2.30. The smallest absolute Gasteiger partial charge is 0.215 e.